The van der Waals surface area contributed by atoms with Crippen molar-refractivity contribution in [1.82, 2.24) is 0 Å². The molecule has 0 fully saturated rings. The Bertz CT molecular complexity index is 1040. The van der Waals surface area contributed by atoms with Crippen LogP contribution in [0.3, 0.4) is 0 Å². The Morgan fingerprint density at radius 1 is 0.586 bits per heavy atom. The number of allylic oxidation sites excluding steroid dienone is 2. The molecular weight excluding hydrogens is 366 g/mol. The van der Waals surface area contributed by atoms with E-state index in [1.165, 1.54) is 27.7 Å². The monoisotopic (exact) mass is 394 g/mol. The molecule has 2 aliphatic rings. The predicted molar refractivity (Wildman–Crippen MR) is 133 cm³/mol. The van der Waals surface area contributed by atoms with E-state index in [4.69, 9.17) is 0 Å². The topological polar surface area (TPSA) is 0 Å². The highest BCUT2D eigenvalue weighted by atomic mass is 31.2. The first-order valence-corrected chi connectivity index (χ1v) is 13.8. The van der Waals surface area contributed by atoms with Gasteiger partial charge in [-0.3, -0.25) is 0 Å². The first-order chi connectivity index (χ1) is 14.0. The molecule has 0 amide bonds. The summed E-state index contributed by atoms with van der Waals surface area (Å²) >= 11 is 0. The third kappa shape index (κ3) is 2.71. The normalized spacial score (nSPS) is 21.6. The lowest BCUT2D eigenvalue weighted by molar-refractivity contribution is 1.09. The van der Waals surface area contributed by atoms with E-state index in [-0.39, 0.29) is 0 Å². The third-order valence-corrected chi connectivity index (χ3v) is 10.9. The second-order valence-electron chi connectivity index (χ2n) is 9.51. The van der Waals surface area contributed by atoms with Crippen molar-refractivity contribution in [3.63, 3.8) is 0 Å². The van der Waals surface area contributed by atoms with Gasteiger partial charge in [-0.2, -0.15) is 12.6 Å². The highest BCUT2D eigenvalue weighted by Crippen LogP contribution is 2.68. The fourth-order valence-electron chi connectivity index (χ4n) is 6.25. The average molecular weight is 394 g/mol. The highest BCUT2D eigenvalue weighted by molar-refractivity contribution is 8.09. The third-order valence-electron chi connectivity index (χ3n) is 7.39. The van der Waals surface area contributed by atoms with Gasteiger partial charge in [-0.1, -0.05) is 114 Å². The highest BCUT2D eigenvalue weighted by Gasteiger charge is 2.56. The van der Waals surface area contributed by atoms with Gasteiger partial charge in [0, 0.05) is 20.0 Å². The fourth-order valence-corrected chi connectivity index (χ4v) is 9.76. The molecule has 2 aliphatic carbocycles. The Balaban J connectivity index is 1.83. The van der Waals surface area contributed by atoms with Crippen LogP contribution in [0.5, 0.6) is 0 Å². The summed E-state index contributed by atoms with van der Waals surface area (Å²) in [6.07, 6.45) is 9.74. The lowest BCUT2D eigenvalue weighted by atomic mass is 9.27. The van der Waals surface area contributed by atoms with E-state index in [2.05, 4.69) is 123 Å². The van der Waals surface area contributed by atoms with Crippen molar-refractivity contribution in [2.45, 2.75) is 11.6 Å². The van der Waals surface area contributed by atoms with Crippen LogP contribution in [0.1, 0.15) is 33.9 Å². The summed E-state index contributed by atoms with van der Waals surface area (Å²) < 4.78 is 0. The number of benzene rings is 3. The zero-order chi connectivity index (χ0) is 20.1. The van der Waals surface area contributed by atoms with Gasteiger partial charge in [0.1, 0.15) is 0 Å². The van der Waals surface area contributed by atoms with Crippen LogP contribution < -0.4 is 5.46 Å². The Kier molecular flexibility index (Phi) is 4.41. The average Bonchev–Trinajstić information content (AvgIpc) is 3.34. The number of rotatable bonds is 4. The molecule has 2 heteroatoms. The van der Waals surface area contributed by atoms with E-state index in [0.717, 1.165) is 0 Å². The molecule has 0 saturated heterocycles. The summed E-state index contributed by atoms with van der Waals surface area (Å²) in [6, 6.07) is 29.4. The Morgan fingerprint density at radius 2 is 1.03 bits per heavy atom. The number of hydrogen-bond donors (Lipinski definition) is 0. The first-order valence-electron chi connectivity index (χ1n) is 10.6. The maximum atomic E-state index is 2.56. The van der Waals surface area contributed by atoms with Crippen molar-refractivity contribution in [1.29, 1.82) is 0 Å². The lowest BCUT2D eigenvalue weighted by Crippen LogP contribution is -2.58. The van der Waals surface area contributed by atoms with Crippen molar-refractivity contribution >= 4 is 30.6 Å². The molecule has 29 heavy (non-hydrogen) atoms. The zero-order valence-electron chi connectivity index (χ0n) is 17.5. The van der Waals surface area contributed by atoms with Gasteiger partial charge in [0.25, 0.3) is 0 Å². The van der Waals surface area contributed by atoms with E-state index in [9.17, 15) is 0 Å². The molecule has 2 unspecified atom stereocenters. The van der Waals surface area contributed by atoms with Crippen LogP contribution in [0.25, 0.3) is 12.2 Å². The van der Waals surface area contributed by atoms with E-state index in [1.54, 1.807) is 0 Å². The minimum absolute atomic E-state index is 0.433. The molecule has 0 saturated carbocycles. The quantitative estimate of drug-likeness (QED) is 0.353. The summed E-state index contributed by atoms with van der Waals surface area (Å²) in [5.74, 6) is -0.0584. The largest absolute Gasteiger partial charge is 0.213 e. The SMILES string of the molecule is C[P+](C)(C)[B-](c1ccccc1)(C1C=Cc2ccccc21)C1C=Cc2ccccc21. The molecule has 2 atom stereocenters. The van der Waals surface area contributed by atoms with Crippen molar-refractivity contribution < 1.29 is 0 Å². The molecule has 3 aromatic rings. The van der Waals surface area contributed by atoms with Gasteiger partial charge in [0.15, 0.2) is 0 Å². The van der Waals surface area contributed by atoms with Gasteiger partial charge >= 0.3 is 0 Å². The Morgan fingerprint density at radius 3 is 1.52 bits per heavy atom. The first kappa shape index (κ1) is 18.7. The van der Waals surface area contributed by atoms with E-state index in [1.807, 2.05) is 0 Å². The summed E-state index contributed by atoms with van der Waals surface area (Å²) in [5.41, 5.74) is 7.32. The molecule has 5 rings (SSSR count). The van der Waals surface area contributed by atoms with Crippen molar-refractivity contribution in [2.24, 2.45) is 0 Å². The van der Waals surface area contributed by atoms with Crippen LogP contribution in [0.2, 0.25) is 0 Å². The maximum absolute atomic E-state index is 2.56. The van der Waals surface area contributed by atoms with Gasteiger partial charge in [-0.05, 0) is 11.1 Å². The maximum Gasteiger partial charge on any atom is 0.213 e. The Labute approximate surface area is 175 Å². The fraction of sp³-hybridized carbons (Fsp3) is 0.185. The molecule has 144 valence electrons. The standard InChI is InChI=1S/C27H28BP/c1-29(2,3)28(23-13-5-4-6-14-23,26-19-17-21-11-7-9-15-24(21)26)27-20-18-22-12-8-10-16-25(22)27/h4-20,26-27H,1-3H3. The van der Waals surface area contributed by atoms with Gasteiger partial charge in [-0.15, -0.1) is 12.2 Å². The minimum atomic E-state index is -1.33. The number of fused-ring (bicyclic) bond motifs is 2. The molecule has 0 bridgehead atoms. The molecule has 0 N–H and O–H groups in total. The van der Waals surface area contributed by atoms with Crippen molar-refractivity contribution in [2.75, 3.05) is 20.0 Å². The van der Waals surface area contributed by atoms with Gasteiger partial charge in [0.2, 0.25) is 5.87 Å². The van der Waals surface area contributed by atoms with Crippen LogP contribution in [0, 0.1) is 0 Å². The molecule has 0 aromatic heterocycles. The molecule has 0 aliphatic heterocycles. The summed E-state index contributed by atoms with van der Waals surface area (Å²) in [4.78, 5) is 0. The number of hydrogen-bond acceptors (Lipinski definition) is 0. The molecule has 0 heterocycles. The van der Waals surface area contributed by atoms with E-state index in [0.29, 0.717) is 11.6 Å². The van der Waals surface area contributed by atoms with Crippen molar-refractivity contribution in [3.05, 3.63) is 113 Å². The minimum Gasteiger partial charge on any atom is -0.165 e. The van der Waals surface area contributed by atoms with Crippen molar-refractivity contribution in [3.8, 4) is 0 Å². The van der Waals surface area contributed by atoms with E-state index < -0.39 is 13.0 Å². The van der Waals surface area contributed by atoms with Crippen LogP contribution in [-0.2, 0) is 0 Å². The molecule has 3 aromatic carbocycles. The molecule has 0 spiro atoms. The zero-order valence-corrected chi connectivity index (χ0v) is 18.4. The molecule has 0 radical (unpaired) electrons. The van der Waals surface area contributed by atoms with E-state index >= 15 is 0 Å². The van der Waals surface area contributed by atoms with Gasteiger partial charge < -0.3 is 0 Å². The van der Waals surface area contributed by atoms with Crippen LogP contribution in [0.4, 0.5) is 0 Å². The summed E-state index contributed by atoms with van der Waals surface area (Å²) in [5, 5.41) is 0. The second kappa shape index (κ2) is 6.86. The predicted octanol–water partition coefficient (Wildman–Crippen LogP) is 6.45. The smallest absolute Gasteiger partial charge is 0.165 e. The molecule has 0 nitrogen and oxygen atoms in total. The summed E-state index contributed by atoms with van der Waals surface area (Å²) in [6.45, 7) is 7.68. The van der Waals surface area contributed by atoms with Gasteiger partial charge in [-0.25, -0.2) is 0 Å². The van der Waals surface area contributed by atoms with Gasteiger partial charge in [0.05, 0.1) is 0 Å². The van der Waals surface area contributed by atoms with Crippen LogP contribution in [-0.4, -0.2) is 25.9 Å². The second-order valence-corrected chi connectivity index (χ2v) is 14.6. The van der Waals surface area contributed by atoms with Crippen LogP contribution in [0.15, 0.2) is 91.0 Å². The molecular formula is C27H28BP. The van der Waals surface area contributed by atoms with Crippen LogP contribution >= 0.6 is 7.14 Å². The lowest BCUT2D eigenvalue weighted by Gasteiger charge is -2.53. The Hall–Kier alpha value is -2.37. The summed E-state index contributed by atoms with van der Waals surface area (Å²) in [7, 11) is -1.33.